The zero-order valence-electron chi connectivity index (χ0n) is 39.6. The molecular weight excluding hydrogens is 769 g/mol. The van der Waals surface area contributed by atoms with Gasteiger partial charge in [-0.15, -0.1) is 0 Å². The van der Waals surface area contributed by atoms with Gasteiger partial charge in [0, 0.05) is 19.3 Å². The van der Waals surface area contributed by atoms with Crippen molar-refractivity contribution in [1.29, 1.82) is 0 Å². The van der Waals surface area contributed by atoms with E-state index in [1.54, 1.807) is 0 Å². The first-order chi connectivity index (χ1) is 30.5. The van der Waals surface area contributed by atoms with E-state index in [1.807, 2.05) is 54.7 Å². The summed E-state index contributed by atoms with van der Waals surface area (Å²) in [5, 5.41) is 0. The van der Waals surface area contributed by atoms with Gasteiger partial charge in [-0.05, 0) is 89.9 Å². The van der Waals surface area contributed by atoms with Crippen molar-refractivity contribution in [3.05, 3.63) is 122 Å². The molecule has 0 fully saturated rings. The molecule has 0 radical (unpaired) electrons. The summed E-state index contributed by atoms with van der Waals surface area (Å²) in [6, 6.07) is 0. The second-order valence-corrected chi connectivity index (χ2v) is 15.8. The van der Waals surface area contributed by atoms with E-state index in [-0.39, 0.29) is 37.5 Å². The lowest BCUT2D eigenvalue weighted by Gasteiger charge is -2.18. The van der Waals surface area contributed by atoms with Crippen LogP contribution in [0.3, 0.4) is 0 Å². The standard InChI is InChI=1S/C56H88O6/c1-4-7-10-13-16-19-22-25-27-29-31-34-37-40-43-46-49-55(58)61-52-53(51-60-54(57)48-45-42-39-36-33-30-24-21-18-15-12-9-6-3)62-56(59)50-47-44-41-38-35-32-28-26-23-20-17-14-11-8-5-2/h7,9-10,12,15-21,23-27,30,33,36,39,53H,4-6,8,11,13-14,22,28-29,31-32,34-35,37-38,40-52H2,1-3H3/b10-7+,12-9+,18-15+,19-16+,20-17+,24-21+,26-23+,27-25+,33-30+,39-36+. The quantitative estimate of drug-likeness (QED) is 0.0200. The molecule has 0 aromatic heterocycles. The van der Waals surface area contributed by atoms with Crippen molar-refractivity contribution in [2.24, 2.45) is 0 Å². The summed E-state index contributed by atoms with van der Waals surface area (Å²) in [4.78, 5) is 37.9. The van der Waals surface area contributed by atoms with Crippen LogP contribution in [0.5, 0.6) is 0 Å². The minimum atomic E-state index is -0.821. The Morgan fingerprint density at radius 1 is 0.355 bits per heavy atom. The monoisotopic (exact) mass is 857 g/mol. The normalized spacial score (nSPS) is 13.1. The fourth-order valence-corrected chi connectivity index (χ4v) is 6.18. The Bertz CT molecular complexity index is 1350. The average molecular weight is 857 g/mol. The number of hydrogen-bond acceptors (Lipinski definition) is 6. The number of hydrogen-bond donors (Lipinski definition) is 0. The topological polar surface area (TPSA) is 78.9 Å². The highest BCUT2D eigenvalue weighted by molar-refractivity contribution is 5.71. The Balaban J connectivity index is 4.55. The predicted molar refractivity (Wildman–Crippen MR) is 265 cm³/mol. The summed E-state index contributed by atoms with van der Waals surface area (Å²) < 4.78 is 16.7. The highest BCUT2D eigenvalue weighted by atomic mass is 16.6. The average Bonchev–Trinajstić information content (AvgIpc) is 3.27. The Morgan fingerprint density at radius 3 is 1.26 bits per heavy atom. The van der Waals surface area contributed by atoms with Crippen LogP contribution in [0.1, 0.15) is 194 Å². The molecule has 0 aromatic carbocycles. The largest absolute Gasteiger partial charge is 0.462 e. The number of ether oxygens (including phenoxy) is 3. The Hall–Kier alpha value is -4.19. The van der Waals surface area contributed by atoms with Crippen LogP contribution in [0, 0.1) is 0 Å². The third kappa shape index (κ3) is 46.9. The molecule has 348 valence electrons. The van der Waals surface area contributed by atoms with Crippen molar-refractivity contribution in [2.45, 2.75) is 200 Å². The summed E-state index contributed by atoms with van der Waals surface area (Å²) in [5.74, 6) is -1.03. The van der Waals surface area contributed by atoms with E-state index in [2.05, 4.69) is 87.6 Å². The van der Waals surface area contributed by atoms with E-state index in [9.17, 15) is 14.4 Å². The molecule has 1 unspecified atom stereocenters. The molecule has 0 spiro atoms. The number of carbonyl (C=O) groups is 3. The van der Waals surface area contributed by atoms with E-state index < -0.39 is 6.10 Å². The molecule has 0 bridgehead atoms. The number of esters is 3. The van der Waals surface area contributed by atoms with E-state index in [1.165, 1.54) is 44.9 Å². The Kier molecular flexibility index (Phi) is 46.1. The van der Waals surface area contributed by atoms with Crippen LogP contribution >= 0.6 is 0 Å². The second kappa shape index (κ2) is 49.5. The molecule has 0 saturated carbocycles. The number of rotatable bonds is 42. The maximum atomic E-state index is 12.8. The van der Waals surface area contributed by atoms with Gasteiger partial charge in [-0.3, -0.25) is 14.4 Å². The van der Waals surface area contributed by atoms with Crippen LogP contribution in [0.4, 0.5) is 0 Å². The maximum Gasteiger partial charge on any atom is 0.306 e. The van der Waals surface area contributed by atoms with Crippen molar-refractivity contribution in [1.82, 2.24) is 0 Å². The number of allylic oxidation sites excluding steroid dienone is 20. The van der Waals surface area contributed by atoms with Crippen molar-refractivity contribution in [3.8, 4) is 0 Å². The van der Waals surface area contributed by atoms with Crippen LogP contribution in [-0.4, -0.2) is 37.2 Å². The van der Waals surface area contributed by atoms with Crippen molar-refractivity contribution < 1.29 is 28.6 Å². The third-order valence-corrected chi connectivity index (χ3v) is 9.84. The molecule has 0 amide bonds. The molecule has 0 saturated heterocycles. The first kappa shape index (κ1) is 57.8. The zero-order chi connectivity index (χ0) is 45.1. The molecular formula is C56H88O6. The van der Waals surface area contributed by atoms with Gasteiger partial charge in [0.15, 0.2) is 6.10 Å². The molecule has 0 N–H and O–H groups in total. The summed E-state index contributed by atoms with van der Waals surface area (Å²) >= 11 is 0. The fraction of sp³-hybridized carbons (Fsp3) is 0.589. The van der Waals surface area contributed by atoms with Gasteiger partial charge in [0.2, 0.25) is 0 Å². The van der Waals surface area contributed by atoms with Gasteiger partial charge in [0.1, 0.15) is 13.2 Å². The molecule has 0 aliphatic carbocycles. The lowest BCUT2D eigenvalue weighted by molar-refractivity contribution is -0.167. The SMILES string of the molecule is CC/C=C/C=C/C=C/C=C/C=C/CCCC(=O)OCC(COC(=O)CCCCCCCC/C=C/C/C=C/C/C=C/CC)OC(=O)CCCCCCCC/C=C/C=C/CCCCC. The predicted octanol–water partition coefficient (Wildman–Crippen LogP) is 16.1. The minimum Gasteiger partial charge on any atom is -0.462 e. The molecule has 6 nitrogen and oxygen atoms in total. The first-order valence-electron chi connectivity index (χ1n) is 24.6. The molecule has 0 heterocycles. The summed E-state index contributed by atoms with van der Waals surface area (Å²) in [6.07, 6.45) is 67.5. The molecule has 0 rings (SSSR count). The van der Waals surface area contributed by atoms with E-state index in [0.29, 0.717) is 19.3 Å². The molecule has 0 aliphatic rings. The van der Waals surface area contributed by atoms with Crippen LogP contribution in [-0.2, 0) is 28.6 Å². The second-order valence-electron chi connectivity index (χ2n) is 15.8. The Morgan fingerprint density at radius 2 is 0.726 bits per heavy atom. The highest BCUT2D eigenvalue weighted by Gasteiger charge is 2.19. The van der Waals surface area contributed by atoms with E-state index in [4.69, 9.17) is 14.2 Å². The van der Waals surface area contributed by atoms with Gasteiger partial charge in [-0.25, -0.2) is 0 Å². The summed E-state index contributed by atoms with van der Waals surface area (Å²) in [7, 11) is 0. The zero-order valence-corrected chi connectivity index (χ0v) is 39.6. The lowest BCUT2D eigenvalue weighted by Crippen LogP contribution is -2.30. The van der Waals surface area contributed by atoms with Gasteiger partial charge in [0.05, 0.1) is 0 Å². The highest BCUT2D eigenvalue weighted by Crippen LogP contribution is 2.13. The summed E-state index contributed by atoms with van der Waals surface area (Å²) in [6.45, 7) is 6.24. The lowest BCUT2D eigenvalue weighted by atomic mass is 10.1. The van der Waals surface area contributed by atoms with Gasteiger partial charge >= 0.3 is 17.9 Å². The van der Waals surface area contributed by atoms with Crippen LogP contribution in [0.25, 0.3) is 0 Å². The first-order valence-corrected chi connectivity index (χ1v) is 24.6. The van der Waals surface area contributed by atoms with Crippen LogP contribution in [0.15, 0.2) is 122 Å². The van der Waals surface area contributed by atoms with Crippen LogP contribution < -0.4 is 0 Å². The van der Waals surface area contributed by atoms with Gasteiger partial charge in [-0.1, -0.05) is 206 Å². The minimum absolute atomic E-state index is 0.116. The van der Waals surface area contributed by atoms with E-state index in [0.717, 1.165) is 103 Å². The van der Waals surface area contributed by atoms with Gasteiger partial charge < -0.3 is 14.2 Å². The van der Waals surface area contributed by atoms with Gasteiger partial charge in [-0.2, -0.15) is 0 Å². The van der Waals surface area contributed by atoms with E-state index >= 15 is 0 Å². The smallest absolute Gasteiger partial charge is 0.306 e. The number of unbranched alkanes of at least 4 members (excludes halogenated alkanes) is 16. The maximum absolute atomic E-state index is 12.8. The summed E-state index contributed by atoms with van der Waals surface area (Å²) in [5.41, 5.74) is 0. The molecule has 62 heavy (non-hydrogen) atoms. The molecule has 6 heteroatoms. The van der Waals surface area contributed by atoms with Gasteiger partial charge in [0.25, 0.3) is 0 Å². The van der Waals surface area contributed by atoms with Crippen LogP contribution in [0.2, 0.25) is 0 Å². The molecule has 0 aliphatic heterocycles. The number of carbonyl (C=O) groups excluding carboxylic acids is 3. The fourth-order valence-electron chi connectivity index (χ4n) is 6.18. The Labute approximate surface area is 380 Å². The van der Waals surface area contributed by atoms with Crippen molar-refractivity contribution in [3.63, 3.8) is 0 Å². The molecule has 1 atom stereocenters. The third-order valence-electron chi connectivity index (χ3n) is 9.84. The molecule has 0 aromatic rings. The van der Waals surface area contributed by atoms with Crippen molar-refractivity contribution >= 4 is 17.9 Å². The van der Waals surface area contributed by atoms with Crippen molar-refractivity contribution in [2.75, 3.05) is 13.2 Å².